The molecule has 1 aromatic rings. The molecule has 2 rings (SSSR count). The molecule has 0 atom stereocenters. The van der Waals surface area contributed by atoms with E-state index >= 15 is 0 Å². The van der Waals surface area contributed by atoms with Gasteiger partial charge in [0.2, 0.25) is 0 Å². The quantitative estimate of drug-likeness (QED) is 0.926. The Morgan fingerprint density at radius 1 is 1.33 bits per heavy atom. The first-order valence-corrected chi connectivity index (χ1v) is 7.84. The van der Waals surface area contributed by atoms with Gasteiger partial charge in [-0.3, -0.25) is 4.90 Å². The van der Waals surface area contributed by atoms with Crippen LogP contribution in [0.25, 0.3) is 0 Å². The van der Waals surface area contributed by atoms with Crippen LogP contribution in [0, 0.1) is 6.92 Å². The molecule has 0 unspecified atom stereocenters. The van der Waals surface area contributed by atoms with Crippen LogP contribution in [-0.4, -0.2) is 35.7 Å². The summed E-state index contributed by atoms with van der Waals surface area (Å²) in [6, 6.07) is 2.19. The maximum absolute atomic E-state index is 5.88. The second kappa shape index (κ2) is 6.11. The van der Waals surface area contributed by atoms with Crippen molar-refractivity contribution in [3.63, 3.8) is 0 Å². The second-order valence-electron chi connectivity index (χ2n) is 7.72. The summed E-state index contributed by atoms with van der Waals surface area (Å²) >= 11 is 0. The summed E-state index contributed by atoms with van der Waals surface area (Å²) in [5.41, 5.74) is 1.35. The van der Waals surface area contributed by atoms with Crippen molar-refractivity contribution in [2.24, 2.45) is 0 Å². The lowest BCUT2D eigenvalue weighted by atomic mass is 10.1. The van der Waals surface area contributed by atoms with E-state index in [0.29, 0.717) is 0 Å². The van der Waals surface area contributed by atoms with Gasteiger partial charge in [0.1, 0.15) is 11.5 Å². The number of nitrogens with zero attached hydrogens (tertiary/aromatic N) is 1. The maximum Gasteiger partial charge on any atom is 0.118 e. The summed E-state index contributed by atoms with van der Waals surface area (Å²) in [6.07, 6.45) is 0. The Morgan fingerprint density at radius 2 is 2.05 bits per heavy atom. The van der Waals surface area contributed by atoms with Crippen molar-refractivity contribution in [1.82, 2.24) is 10.2 Å². The van der Waals surface area contributed by atoms with E-state index in [2.05, 4.69) is 57.8 Å². The predicted molar refractivity (Wildman–Crippen MR) is 85.3 cm³/mol. The summed E-state index contributed by atoms with van der Waals surface area (Å²) in [5.74, 6) is 2.05. The molecular formula is C17H30N2O2. The monoisotopic (exact) mass is 294 g/mol. The van der Waals surface area contributed by atoms with E-state index in [0.717, 1.165) is 44.3 Å². The van der Waals surface area contributed by atoms with Gasteiger partial charge in [-0.1, -0.05) is 0 Å². The molecule has 1 aromatic heterocycles. The van der Waals surface area contributed by atoms with Gasteiger partial charge in [0.15, 0.2) is 0 Å². The fourth-order valence-electron chi connectivity index (χ4n) is 2.67. The zero-order valence-corrected chi connectivity index (χ0v) is 14.4. The van der Waals surface area contributed by atoms with Crippen LogP contribution in [0.4, 0.5) is 0 Å². The molecule has 0 aromatic carbocycles. The number of rotatable bonds is 4. The van der Waals surface area contributed by atoms with Crippen molar-refractivity contribution < 1.29 is 9.15 Å². The number of hydrogen-bond donors (Lipinski definition) is 1. The standard InChI is InChI=1S/C17H30N2O2/c1-13-14(9-15(21-13)10-18-16(2,3)4)11-19-7-8-20-17(5,6)12-19/h9,18H,7-8,10-12H2,1-6H3. The Balaban J connectivity index is 1.96. The van der Waals surface area contributed by atoms with Crippen LogP contribution in [0.3, 0.4) is 0 Å². The number of hydrogen-bond acceptors (Lipinski definition) is 4. The topological polar surface area (TPSA) is 37.6 Å². The Kier molecular flexibility index (Phi) is 4.81. The van der Waals surface area contributed by atoms with Gasteiger partial charge in [-0.05, 0) is 47.6 Å². The SMILES string of the molecule is Cc1oc(CNC(C)(C)C)cc1CN1CCOC(C)(C)C1. The molecule has 2 heterocycles. The van der Waals surface area contributed by atoms with Crippen molar-refractivity contribution in [2.45, 2.75) is 65.8 Å². The van der Waals surface area contributed by atoms with E-state index < -0.39 is 0 Å². The molecule has 1 aliphatic rings. The van der Waals surface area contributed by atoms with Crippen LogP contribution in [0.1, 0.15) is 51.7 Å². The molecule has 0 aliphatic carbocycles. The summed E-state index contributed by atoms with van der Waals surface area (Å²) < 4.78 is 11.7. The van der Waals surface area contributed by atoms with Crippen molar-refractivity contribution in [3.8, 4) is 0 Å². The molecule has 0 spiro atoms. The first kappa shape index (κ1) is 16.5. The molecule has 0 bridgehead atoms. The molecule has 1 fully saturated rings. The number of morpholine rings is 1. The summed E-state index contributed by atoms with van der Waals surface area (Å²) in [7, 11) is 0. The minimum absolute atomic E-state index is 0.0491. The predicted octanol–water partition coefficient (Wildman–Crippen LogP) is 3.09. The van der Waals surface area contributed by atoms with Gasteiger partial charge in [-0.15, -0.1) is 0 Å². The highest BCUT2D eigenvalue weighted by atomic mass is 16.5. The van der Waals surface area contributed by atoms with Crippen molar-refractivity contribution in [3.05, 3.63) is 23.2 Å². The molecule has 120 valence electrons. The van der Waals surface area contributed by atoms with E-state index in [1.165, 1.54) is 5.56 Å². The zero-order chi connectivity index (χ0) is 15.7. The Hall–Kier alpha value is -0.840. The molecule has 0 amide bonds. The smallest absolute Gasteiger partial charge is 0.118 e. The summed E-state index contributed by atoms with van der Waals surface area (Å²) in [4.78, 5) is 2.45. The average Bonchev–Trinajstić information content (AvgIpc) is 2.66. The molecule has 0 radical (unpaired) electrons. The number of furan rings is 1. The Labute approximate surface area is 128 Å². The van der Waals surface area contributed by atoms with Gasteiger partial charge >= 0.3 is 0 Å². The lowest BCUT2D eigenvalue weighted by molar-refractivity contribution is -0.0883. The fourth-order valence-corrected chi connectivity index (χ4v) is 2.67. The highest BCUT2D eigenvalue weighted by molar-refractivity contribution is 5.21. The largest absolute Gasteiger partial charge is 0.465 e. The van der Waals surface area contributed by atoms with E-state index in [-0.39, 0.29) is 11.1 Å². The molecule has 1 aliphatic heterocycles. The second-order valence-corrected chi connectivity index (χ2v) is 7.72. The Bertz CT molecular complexity index is 472. The summed E-state index contributed by atoms with van der Waals surface area (Å²) in [6.45, 7) is 17.3. The molecule has 0 saturated carbocycles. The molecule has 21 heavy (non-hydrogen) atoms. The van der Waals surface area contributed by atoms with Gasteiger partial charge in [-0.25, -0.2) is 0 Å². The van der Waals surface area contributed by atoms with Gasteiger partial charge in [0, 0.05) is 30.7 Å². The molecule has 4 nitrogen and oxygen atoms in total. The third-order valence-electron chi connectivity index (χ3n) is 3.76. The molecular weight excluding hydrogens is 264 g/mol. The van der Waals surface area contributed by atoms with Crippen LogP contribution in [0.5, 0.6) is 0 Å². The van der Waals surface area contributed by atoms with Crippen LogP contribution in [-0.2, 0) is 17.8 Å². The maximum atomic E-state index is 5.88. The van der Waals surface area contributed by atoms with E-state index in [1.807, 2.05) is 0 Å². The van der Waals surface area contributed by atoms with E-state index in [1.54, 1.807) is 0 Å². The van der Waals surface area contributed by atoms with Crippen LogP contribution in [0.15, 0.2) is 10.5 Å². The number of ether oxygens (including phenoxy) is 1. The molecule has 1 saturated heterocycles. The van der Waals surface area contributed by atoms with Crippen LogP contribution >= 0.6 is 0 Å². The number of aryl methyl sites for hydroxylation is 1. The van der Waals surface area contributed by atoms with Crippen molar-refractivity contribution in [2.75, 3.05) is 19.7 Å². The highest BCUT2D eigenvalue weighted by Crippen LogP contribution is 2.22. The van der Waals surface area contributed by atoms with Crippen molar-refractivity contribution >= 4 is 0 Å². The van der Waals surface area contributed by atoms with Gasteiger partial charge in [0.05, 0.1) is 18.8 Å². The average molecular weight is 294 g/mol. The van der Waals surface area contributed by atoms with Gasteiger partial charge in [0.25, 0.3) is 0 Å². The van der Waals surface area contributed by atoms with Gasteiger partial charge < -0.3 is 14.5 Å². The normalized spacial score (nSPS) is 19.9. The molecule has 1 N–H and O–H groups in total. The third-order valence-corrected chi connectivity index (χ3v) is 3.76. The van der Waals surface area contributed by atoms with E-state index in [9.17, 15) is 0 Å². The minimum Gasteiger partial charge on any atom is -0.465 e. The Morgan fingerprint density at radius 3 is 2.67 bits per heavy atom. The number of nitrogens with one attached hydrogen (secondary N) is 1. The van der Waals surface area contributed by atoms with Crippen LogP contribution in [0.2, 0.25) is 0 Å². The molecule has 4 heteroatoms. The summed E-state index contributed by atoms with van der Waals surface area (Å²) in [5, 5.41) is 3.47. The lowest BCUT2D eigenvalue weighted by Crippen LogP contribution is -2.47. The zero-order valence-electron chi connectivity index (χ0n) is 14.4. The van der Waals surface area contributed by atoms with E-state index in [4.69, 9.17) is 9.15 Å². The van der Waals surface area contributed by atoms with Crippen LogP contribution < -0.4 is 5.32 Å². The lowest BCUT2D eigenvalue weighted by Gasteiger charge is -2.38. The van der Waals surface area contributed by atoms with Gasteiger partial charge in [-0.2, -0.15) is 0 Å². The first-order chi connectivity index (χ1) is 9.65. The third kappa shape index (κ3) is 5.13. The minimum atomic E-state index is -0.0491. The van der Waals surface area contributed by atoms with Crippen molar-refractivity contribution in [1.29, 1.82) is 0 Å². The first-order valence-electron chi connectivity index (χ1n) is 7.84. The highest BCUT2D eigenvalue weighted by Gasteiger charge is 2.27. The fraction of sp³-hybridized carbons (Fsp3) is 0.765.